The van der Waals surface area contributed by atoms with Crippen molar-refractivity contribution in [1.82, 2.24) is 0 Å². The minimum atomic E-state index is -0.229. The van der Waals surface area contributed by atoms with Gasteiger partial charge in [0, 0.05) is 6.07 Å². The van der Waals surface area contributed by atoms with Gasteiger partial charge in [-0.3, -0.25) is 4.79 Å². The summed E-state index contributed by atoms with van der Waals surface area (Å²) in [7, 11) is 4.53. The Morgan fingerprint density at radius 1 is 1.08 bits per heavy atom. The second-order valence-electron chi connectivity index (χ2n) is 5.85. The minimum absolute atomic E-state index is 0.0218. The SMILES string of the molecule is COc1cc2oc3c(OC)cccc3c(=O)c2c(OC[C@H]2CO2)c1OC. The van der Waals surface area contributed by atoms with Gasteiger partial charge in [-0.25, -0.2) is 0 Å². The molecule has 1 aliphatic heterocycles. The summed E-state index contributed by atoms with van der Waals surface area (Å²) in [4.78, 5) is 13.2. The molecular weight excluding hydrogens is 340 g/mol. The van der Waals surface area contributed by atoms with Crippen LogP contribution in [0.3, 0.4) is 0 Å². The predicted molar refractivity (Wildman–Crippen MR) is 94.9 cm³/mol. The van der Waals surface area contributed by atoms with Crippen LogP contribution in [-0.4, -0.2) is 40.6 Å². The molecule has 0 radical (unpaired) electrons. The maximum atomic E-state index is 13.2. The fraction of sp³-hybridized carbons (Fsp3) is 0.316. The first-order chi connectivity index (χ1) is 12.7. The lowest BCUT2D eigenvalue weighted by Crippen LogP contribution is -2.11. The standard InChI is InChI=1S/C19H18O7/c1-21-12-6-4-5-11-16(20)15-13(26-17(11)12)7-14(22-2)18(23-3)19(15)25-9-10-8-24-10/h4-7,10H,8-9H2,1-3H3/t10-/m1/s1. The van der Waals surface area contributed by atoms with Crippen molar-refractivity contribution in [3.8, 4) is 23.0 Å². The van der Waals surface area contributed by atoms with Crippen molar-refractivity contribution < 1.29 is 28.1 Å². The molecule has 136 valence electrons. The van der Waals surface area contributed by atoms with Gasteiger partial charge in [0.05, 0.1) is 33.3 Å². The molecule has 2 aromatic carbocycles. The first-order valence-corrected chi connectivity index (χ1v) is 8.10. The van der Waals surface area contributed by atoms with Gasteiger partial charge < -0.3 is 28.1 Å². The number of methoxy groups -OCH3 is 3. The molecule has 1 aromatic heterocycles. The smallest absolute Gasteiger partial charge is 0.204 e. The third-order valence-electron chi connectivity index (χ3n) is 4.29. The van der Waals surface area contributed by atoms with Crippen LogP contribution in [0.15, 0.2) is 33.5 Å². The molecule has 0 saturated carbocycles. The maximum Gasteiger partial charge on any atom is 0.204 e. The van der Waals surface area contributed by atoms with Gasteiger partial charge in [-0.2, -0.15) is 0 Å². The van der Waals surface area contributed by atoms with Crippen LogP contribution >= 0.6 is 0 Å². The van der Waals surface area contributed by atoms with Crippen molar-refractivity contribution in [2.24, 2.45) is 0 Å². The summed E-state index contributed by atoms with van der Waals surface area (Å²) < 4.78 is 33.2. The molecule has 1 aliphatic rings. The second kappa shape index (κ2) is 6.42. The van der Waals surface area contributed by atoms with Gasteiger partial charge in [-0.05, 0) is 12.1 Å². The molecular formula is C19H18O7. The molecule has 7 heteroatoms. The highest BCUT2D eigenvalue weighted by Crippen LogP contribution is 2.43. The fourth-order valence-corrected chi connectivity index (χ4v) is 2.92. The lowest BCUT2D eigenvalue weighted by Gasteiger charge is -2.16. The van der Waals surface area contributed by atoms with Crippen LogP contribution in [0.5, 0.6) is 23.0 Å². The first-order valence-electron chi connectivity index (χ1n) is 8.10. The average Bonchev–Trinajstić information content (AvgIpc) is 3.49. The lowest BCUT2D eigenvalue weighted by molar-refractivity contribution is 0.250. The molecule has 4 rings (SSSR count). The van der Waals surface area contributed by atoms with Crippen molar-refractivity contribution in [2.45, 2.75) is 6.10 Å². The summed E-state index contributed by atoms with van der Waals surface area (Å²) in [5.41, 5.74) is 0.473. The van der Waals surface area contributed by atoms with Crippen LogP contribution in [0.2, 0.25) is 0 Å². The molecule has 1 atom stereocenters. The Kier molecular flexibility index (Phi) is 4.08. The van der Waals surface area contributed by atoms with Gasteiger partial charge in [0.2, 0.25) is 11.2 Å². The molecule has 1 fully saturated rings. The van der Waals surface area contributed by atoms with Crippen molar-refractivity contribution in [3.05, 3.63) is 34.5 Å². The maximum absolute atomic E-state index is 13.2. The van der Waals surface area contributed by atoms with E-state index in [0.717, 1.165) is 0 Å². The molecule has 0 N–H and O–H groups in total. The van der Waals surface area contributed by atoms with Gasteiger partial charge in [0.1, 0.15) is 23.7 Å². The van der Waals surface area contributed by atoms with E-state index in [1.165, 1.54) is 21.3 Å². The van der Waals surface area contributed by atoms with Crippen molar-refractivity contribution in [3.63, 3.8) is 0 Å². The zero-order valence-corrected chi connectivity index (χ0v) is 14.7. The summed E-state index contributed by atoms with van der Waals surface area (Å²) in [6.45, 7) is 0.952. The van der Waals surface area contributed by atoms with Gasteiger partial charge in [-0.1, -0.05) is 6.07 Å². The normalized spacial score (nSPS) is 15.9. The quantitative estimate of drug-likeness (QED) is 0.495. The van der Waals surface area contributed by atoms with E-state index in [-0.39, 0.29) is 17.3 Å². The van der Waals surface area contributed by atoms with E-state index in [2.05, 4.69) is 0 Å². The van der Waals surface area contributed by atoms with Gasteiger partial charge in [0.15, 0.2) is 22.8 Å². The zero-order chi connectivity index (χ0) is 18.3. The van der Waals surface area contributed by atoms with E-state index in [0.29, 0.717) is 52.4 Å². The van der Waals surface area contributed by atoms with Crippen LogP contribution in [0.4, 0.5) is 0 Å². The number of hydrogen-bond acceptors (Lipinski definition) is 7. The third kappa shape index (κ3) is 2.61. The van der Waals surface area contributed by atoms with Gasteiger partial charge >= 0.3 is 0 Å². The first kappa shape index (κ1) is 16.5. The highest BCUT2D eigenvalue weighted by Gasteiger charge is 2.27. The van der Waals surface area contributed by atoms with E-state index in [9.17, 15) is 4.79 Å². The van der Waals surface area contributed by atoms with Crippen molar-refractivity contribution >= 4 is 21.9 Å². The molecule has 0 aliphatic carbocycles. The monoisotopic (exact) mass is 358 g/mol. The van der Waals surface area contributed by atoms with Gasteiger partial charge in [-0.15, -0.1) is 0 Å². The Bertz CT molecular complexity index is 1030. The summed E-state index contributed by atoms with van der Waals surface area (Å²) >= 11 is 0. The van der Waals surface area contributed by atoms with E-state index in [1.54, 1.807) is 24.3 Å². The van der Waals surface area contributed by atoms with E-state index < -0.39 is 0 Å². The Morgan fingerprint density at radius 3 is 2.50 bits per heavy atom. The summed E-state index contributed by atoms with van der Waals surface area (Å²) in [6.07, 6.45) is 0.0218. The van der Waals surface area contributed by atoms with Crippen molar-refractivity contribution in [1.29, 1.82) is 0 Å². The van der Waals surface area contributed by atoms with E-state index in [4.69, 9.17) is 28.1 Å². The number of benzene rings is 2. The summed E-state index contributed by atoms with van der Waals surface area (Å²) in [5.74, 6) is 1.51. The predicted octanol–water partition coefficient (Wildman–Crippen LogP) is 2.75. The van der Waals surface area contributed by atoms with Crippen LogP contribution in [0.25, 0.3) is 21.9 Å². The van der Waals surface area contributed by atoms with Crippen LogP contribution in [0.1, 0.15) is 0 Å². The Labute approximate surface area is 149 Å². The number of hydrogen-bond donors (Lipinski definition) is 0. The number of epoxide rings is 1. The number of rotatable bonds is 6. The van der Waals surface area contributed by atoms with Crippen LogP contribution in [-0.2, 0) is 4.74 Å². The number of para-hydroxylation sites is 1. The highest BCUT2D eigenvalue weighted by atomic mass is 16.6. The number of fused-ring (bicyclic) bond motifs is 2. The number of ether oxygens (including phenoxy) is 5. The molecule has 0 amide bonds. The molecule has 0 unspecified atom stereocenters. The van der Waals surface area contributed by atoms with Crippen LogP contribution < -0.4 is 24.4 Å². The molecule has 7 nitrogen and oxygen atoms in total. The minimum Gasteiger partial charge on any atom is -0.493 e. The molecule has 1 saturated heterocycles. The third-order valence-corrected chi connectivity index (χ3v) is 4.29. The molecule has 3 aromatic rings. The molecule has 26 heavy (non-hydrogen) atoms. The van der Waals surface area contributed by atoms with E-state index >= 15 is 0 Å². The Morgan fingerprint density at radius 2 is 1.85 bits per heavy atom. The largest absolute Gasteiger partial charge is 0.493 e. The highest BCUT2D eigenvalue weighted by molar-refractivity contribution is 5.97. The van der Waals surface area contributed by atoms with Crippen LogP contribution in [0, 0.1) is 0 Å². The molecule has 0 bridgehead atoms. The summed E-state index contributed by atoms with van der Waals surface area (Å²) in [6, 6.07) is 6.78. The Balaban J connectivity index is 2.06. The zero-order valence-electron chi connectivity index (χ0n) is 14.7. The average molecular weight is 358 g/mol. The van der Waals surface area contributed by atoms with E-state index in [1.807, 2.05) is 0 Å². The Hall–Kier alpha value is -2.93. The fourth-order valence-electron chi connectivity index (χ4n) is 2.92. The molecule has 0 spiro atoms. The lowest BCUT2D eigenvalue weighted by atomic mass is 10.1. The van der Waals surface area contributed by atoms with Crippen molar-refractivity contribution in [2.75, 3.05) is 34.5 Å². The summed E-state index contributed by atoms with van der Waals surface area (Å²) in [5, 5.41) is 0.695. The second-order valence-corrected chi connectivity index (χ2v) is 5.85. The van der Waals surface area contributed by atoms with Gasteiger partial charge in [0.25, 0.3) is 0 Å². The topological polar surface area (TPSA) is 79.7 Å². The molecule has 2 heterocycles.